The van der Waals surface area contributed by atoms with Crippen LogP contribution < -0.4 is 4.74 Å². The molecule has 5 heterocycles. The summed E-state index contributed by atoms with van der Waals surface area (Å²) < 4.78 is 14.1. The van der Waals surface area contributed by atoms with Crippen molar-refractivity contribution >= 4 is 28.7 Å². The Hall–Kier alpha value is -3.53. The van der Waals surface area contributed by atoms with Gasteiger partial charge in [-0.3, -0.25) is 4.90 Å². The maximum Gasteiger partial charge on any atom is 0.354 e. The number of likely N-dealkylation sites (tertiary alicyclic amines) is 1. The van der Waals surface area contributed by atoms with E-state index in [9.17, 15) is 9.90 Å². The molecule has 1 atom stereocenters. The first-order chi connectivity index (χ1) is 19.4. The second kappa shape index (κ2) is 11.5. The smallest absolute Gasteiger partial charge is 0.354 e. The van der Waals surface area contributed by atoms with Gasteiger partial charge in [-0.25, -0.2) is 19.7 Å². The second-order valence-electron chi connectivity index (χ2n) is 10.6. The highest BCUT2D eigenvalue weighted by Gasteiger charge is 2.26. The molecule has 40 heavy (non-hydrogen) atoms. The maximum atomic E-state index is 11.5. The van der Waals surface area contributed by atoms with Crippen LogP contribution in [0.2, 0.25) is 5.02 Å². The molecule has 1 aromatic carbocycles. The zero-order valence-corrected chi connectivity index (χ0v) is 23.2. The van der Waals surface area contributed by atoms with E-state index in [-0.39, 0.29) is 17.9 Å². The number of imidazole rings is 1. The molecule has 2 aliphatic heterocycles. The summed E-state index contributed by atoms with van der Waals surface area (Å²) in [5.41, 5.74) is 4.59. The molecule has 0 amide bonds. The number of aromatic carboxylic acids is 1. The van der Waals surface area contributed by atoms with Gasteiger partial charge < -0.3 is 19.1 Å². The molecular formula is C30H32ClN5O4. The minimum absolute atomic E-state index is 0.0220. The van der Waals surface area contributed by atoms with Gasteiger partial charge in [0.2, 0.25) is 5.88 Å². The Morgan fingerprint density at radius 2 is 1.85 bits per heavy atom. The van der Waals surface area contributed by atoms with Crippen LogP contribution >= 0.6 is 11.6 Å². The number of carboxylic acid groups (broad SMARTS) is 1. The highest BCUT2D eigenvalue weighted by atomic mass is 35.5. The zero-order valence-electron chi connectivity index (χ0n) is 22.4. The zero-order chi connectivity index (χ0) is 27.6. The van der Waals surface area contributed by atoms with E-state index < -0.39 is 5.97 Å². The topological polar surface area (TPSA) is 103 Å². The molecule has 10 heteroatoms. The van der Waals surface area contributed by atoms with Crippen molar-refractivity contribution in [2.75, 3.05) is 19.7 Å². The van der Waals surface area contributed by atoms with Gasteiger partial charge in [0.15, 0.2) is 11.3 Å². The van der Waals surface area contributed by atoms with Crippen LogP contribution in [0.15, 0.2) is 48.5 Å². The molecule has 0 aliphatic carbocycles. The monoisotopic (exact) mass is 561 g/mol. The molecule has 0 spiro atoms. The quantitative estimate of drug-likeness (QED) is 0.307. The molecule has 0 radical (unpaired) electrons. The molecule has 1 N–H and O–H groups in total. The Kier molecular flexibility index (Phi) is 7.69. The van der Waals surface area contributed by atoms with Gasteiger partial charge in [0.25, 0.3) is 0 Å². The summed E-state index contributed by atoms with van der Waals surface area (Å²) in [4.78, 5) is 27.9. The first kappa shape index (κ1) is 26.7. The first-order valence-corrected chi connectivity index (χ1v) is 14.1. The predicted molar refractivity (Wildman–Crippen MR) is 151 cm³/mol. The van der Waals surface area contributed by atoms with Crippen LogP contribution in [0.25, 0.3) is 11.2 Å². The van der Waals surface area contributed by atoms with Crippen LogP contribution in [0.1, 0.15) is 52.4 Å². The number of halogens is 1. The second-order valence-corrected chi connectivity index (χ2v) is 11.1. The van der Waals surface area contributed by atoms with Gasteiger partial charge in [0.05, 0.1) is 19.2 Å². The van der Waals surface area contributed by atoms with Crippen LogP contribution in [0.5, 0.6) is 5.88 Å². The SMILES string of the molecule is Cc1cc(Cc2ccc(Cl)cc2)nc(OC2CCN(Cc3nc4ccc(C(=O)O)nc4n3C[C@@H]3CCO3)CC2)c1. The van der Waals surface area contributed by atoms with Gasteiger partial charge in [0, 0.05) is 42.9 Å². The lowest BCUT2D eigenvalue weighted by Crippen LogP contribution is -2.39. The third kappa shape index (κ3) is 6.11. The number of carboxylic acids is 1. The van der Waals surface area contributed by atoms with Gasteiger partial charge >= 0.3 is 5.97 Å². The number of piperidine rings is 1. The molecule has 0 unspecified atom stereocenters. The Morgan fingerprint density at radius 3 is 2.55 bits per heavy atom. The number of carbonyl (C=O) groups is 1. The summed E-state index contributed by atoms with van der Waals surface area (Å²) >= 11 is 6.03. The van der Waals surface area contributed by atoms with E-state index in [4.69, 9.17) is 31.0 Å². The van der Waals surface area contributed by atoms with Gasteiger partial charge in [0.1, 0.15) is 17.4 Å². The number of fused-ring (bicyclic) bond motifs is 1. The lowest BCUT2D eigenvalue weighted by Gasteiger charge is -2.32. The lowest BCUT2D eigenvalue weighted by molar-refractivity contribution is -0.0593. The van der Waals surface area contributed by atoms with Crippen LogP contribution in [0.4, 0.5) is 0 Å². The van der Waals surface area contributed by atoms with Crippen molar-refractivity contribution in [2.45, 2.75) is 57.9 Å². The summed E-state index contributed by atoms with van der Waals surface area (Å²) in [5, 5.41) is 10.2. The van der Waals surface area contributed by atoms with Crippen LogP contribution in [-0.4, -0.2) is 67.4 Å². The number of rotatable bonds is 9. The molecule has 0 bridgehead atoms. The maximum absolute atomic E-state index is 11.5. The Bertz CT molecular complexity index is 1510. The number of nitrogens with zero attached hydrogens (tertiary/aromatic N) is 5. The third-order valence-electron chi connectivity index (χ3n) is 7.55. The van der Waals surface area contributed by atoms with Crippen molar-refractivity contribution in [3.05, 3.63) is 81.9 Å². The van der Waals surface area contributed by atoms with Crippen LogP contribution in [0, 0.1) is 6.92 Å². The normalized spacial score (nSPS) is 18.1. The molecule has 2 fully saturated rings. The third-order valence-corrected chi connectivity index (χ3v) is 7.81. The van der Waals surface area contributed by atoms with E-state index in [1.807, 2.05) is 34.9 Å². The minimum atomic E-state index is -1.04. The highest BCUT2D eigenvalue weighted by molar-refractivity contribution is 6.30. The average Bonchev–Trinajstić information content (AvgIpc) is 3.24. The fourth-order valence-corrected chi connectivity index (χ4v) is 5.46. The van der Waals surface area contributed by atoms with Crippen molar-refractivity contribution in [1.29, 1.82) is 0 Å². The average molecular weight is 562 g/mol. The number of benzene rings is 1. The van der Waals surface area contributed by atoms with Gasteiger partial charge in [-0.2, -0.15) is 0 Å². The number of pyridine rings is 2. The Labute approximate surface area is 237 Å². The fraction of sp³-hybridized carbons (Fsp3) is 0.400. The first-order valence-electron chi connectivity index (χ1n) is 13.7. The number of ether oxygens (including phenoxy) is 2. The fourth-order valence-electron chi connectivity index (χ4n) is 5.34. The molecule has 208 valence electrons. The van der Waals surface area contributed by atoms with E-state index >= 15 is 0 Å². The number of aryl methyl sites for hydroxylation is 1. The van der Waals surface area contributed by atoms with Crippen molar-refractivity contribution < 1.29 is 19.4 Å². The lowest BCUT2D eigenvalue weighted by atomic mass is 10.1. The highest BCUT2D eigenvalue weighted by Crippen LogP contribution is 2.24. The molecule has 3 aromatic heterocycles. The molecule has 6 rings (SSSR count). The van der Waals surface area contributed by atoms with E-state index in [1.54, 1.807) is 6.07 Å². The molecule has 2 aliphatic rings. The molecule has 9 nitrogen and oxygen atoms in total. The van der Waals surface area contributed by atoms with E-state index in [1.165, 1.54) is 6.07 Å². The van der Waals surface area contributed by atoms with Crippen molar-refractivity contribution in [3.8, 4) is 5.88 Å². The van der Waals surface area contributed by atoms with Crippen molar-refractivity contribution in [3.63, 3.8) is 0 Å². The van der Waals surface area contributed by atoms with E-state index in [0.717, 1.165) is 73.0 Å². The largest absolute Gasteiger partial charge is 0.477 e. The summed E-state index contributed by atoms with van der Waals surface area (Å²) in [5.74, 6) is 0.510. The number of hydrogen-bond donors (Lipinski definition) is 1. The molecular weight excluding hydrogens is 530 g/mol. The van der Waals surface area contributed by atoms with Crippen molar-refractivity contribution in [2.24, 2.45) is 0 Å². The Balaban J connectivity index is 1.10. The minimum Gasteiger partial charge on any atom is -0.477 e. The molecule has 2 saturated heterocycles. The molecule has 4 aromatic rings. The van der Waals surface area contributed by atoms with Gasteiger partial charge in [-0.1, -0.05) is 23.7 Å². The number of hydrogen-bond acceptors (Lipinski definition) is 7. The van der Waals surface area contributed by atoms with Crippen LogP contribution in [-0.2, 0) is 24.2 Å². The van der Waals surface area contributed by atoms with Gasteiger partial charge in [-0.05, 0) is 67.6 Å². The van der Waals surface area contributed by atoms with Gasteiger partial charge in [-0.15, -0.1) is 0 Å². The van der Waals surface area contributed by atoms with E-state index in [2.05, 4.69) is 22.9 Å². The summed E-state index contributed by atoms with van der Waals surface area (Å²) in [6.45, 7) is 5.84. The summed E-state index contributed by atoms with van der Waals surface area (Å²) in [7, 11) is 0. The Morgan fingerprint density at radius 1 is 1.07 bits per heavy atom. The molecule has 0 saturated carbocycles. The van der Waals surface area contributed by atoms with Crippen molar-refractivity contribution in [1.82, 2.24) is 24.4 Å². The summed E-state index contributed by atoms with van der Waals surface area (Å²) in [6.07, 6.45) is 3.68. The summed E-state index contributed by atoms with van der Waals surface area (Å²) in [6, 6.07) is 15.2. The predicted octanol–water partition coefficient (Wildman–Crippen LogP) is 4.91. The number of aromatic nitrogens is 4. The standard InChI is InChI=1S/C30H32ClN5O4/c1-19-14-22(16-20-2-4-21(31)5-3-20)32-28(15-19)40-23-8-11-35(12-9-23)18-27-33-25-6-7-26(30(37)38)34-29(25)36(27)17-24-10-13-39-24/h2-7,14-15,23-24H,8-13,16-18H2,1H3,(H,37,38)/t24-/m0/s1. The van der Waals surface area contributed by atoms with Crippen LogP contribution in [0.3, 0.4) is 0 Å². The van der Waals surface area contributed by atoms with E-state index in [0.29, 0.717) is 30.1 Å².